The van der Waals surface area contributed by atoms with E-state index in [-0.39, 0.29) is 17.8 Å². The fourth-order valence-corrected chi connectivity index (χ4v) is 4.27. The standard InChI is InChI=1S/C23H29FN4O/c24-18-7-9-20(10-8-18)27-13-15-28(16-14-27)21-11-12-22(25-17-21)23(29)26-19-5-3-1-2-4-6-19/h7-12,17,19H,1-6,13-16H2,(H,26,29). The van der Waals surface area contributed by atoms with Crippen LogP contribution >= 0.6 is 0 Å². The third-order valence-corrected chi connectivity index (χ3v) is 6.01. The zero-order chi connectivity index (χ0) is 20.1. The molecule has 0 atom stereocenters. The average Bonchev–Trinajstić information content (AvgIpc) is 3.03. The van der Waals surface area contributed by atoms with E-state index in [1.54, 1.807) is 6.20 Å². The summed E-state index contributed by atoms with van der Waals surface area (Å²) in [7, 11) is 0. The van der Waals surface area contributed by atoms with E-state index < -0.39 is 0 Å². The van der Waals surface area contributed by atoms with Crippen molar-refractivity contribution < 1.29 is 9.18 Å². The first-order chi connectivity index (χ1) is 14.2. The minimum absolute atomic E-state index is 0.0652. The molecule has 1 N–H and O–H groups in total. The second kappa shape index (κ2) is 9.25. The van der Waals surface area contributed by atoms with Gasteiger partial charge >= 0.3 is 0 Å². The molecule has 0 unspecified atom stereocenters. The molecule has 6 heteroatoms. The number of piperazine rings is 1. The largest absolute Gasteiger partial charge is 0.368 e. The van der Waals surface area contributed by atoms with Crippen LogP contribution in [0.15, 0.2) is 42.6 Å². The highest BCUT2D eigenvalue weighted by molar-refractivity contribution is 5.92. The Labute approximate surface area is 171 Å². The van der Waals surface area contributed by atoms with E-state index in [0.717, 1.165) is 50.4 Å². The number of pyridine rings is 1. The molecule has 4 rings (SSSR count). The Morgan fingerprint density at radius 2 is 1.45 bits per heavy atom. The fourth-order valence-electron chi connectivity index (χ4n) is 4.27. The predicted molar refractivity (Wildman–Crippen MR) is 114 cm³/mol. The molecule has 1 aromatic carbocycles. The Kier molecular flexibility index (Phi) is 6.27. The van der Waals surface area contributed by atoms with Crippen molar-refractivity contribution in [1.29, 1.82) is 0 Å². The number of hydrogen-bond donors (Lipinski definition) is 1. The summed E-state index contributed by atoms with van der Waals surface area (Å²) in [6.07, 6.45) is 8.88. The van der Waals surface area contributed by atoms with Gasteiger partial charge in [0.1, 0.15) is 11.5 Å². The Bertz CT molecular complexity index is 793. The summed E-state index contributed by atoms with van der Waals surface area (Å²) < 4.78 is 13.1. The lowest BCUT2D eigenvalue weighted by Crippen LogP contribution is -2.46. The number of amides is 1. The van der Waals surface area contributed by atoms with Gasteiger partial charge < -0.3 is 15.1 Å². The molecule has 154 valence electrons. The summed E-state index contributed by atoms with van der Waals surface area (Å²) in [5, 5.41) is 3.15. The summed E-state index contributed by atoms with van der Waals surface area (Å²) in [6.45, 7) is 3.48. The van der Waals surface area contributed by atoms with Crippen LogP contribution in [0.5, 0.6) is 0 Å². The van der Waals surface area contributed by atoms with Crippen LogP contribution in [0.2, 0.25) is 0 Å². The molecule has 2 aliphatic rings. The van der Waals surface area contributed by atoms with Crippen LogP contribution in [0.1, 0.15) is 49.0 Å². The van der Waals surface area contributed by atoms with E-state index >= 15 is 0 Å². The SMILES string of the molecule is O=C(NC1CCCCCC1)c1ccc(N2CCN(c3ccc(F)cc3)CC2)cn1. The van der Waals surface area contributed by atoms with Gasteiger partial charge in [-0.25, -0.2) is 9.37 Å². The Hall–Kier alpha value is -2.63. The minimum atomic E-state index is -0.207. The van der Waals surface area contributed by atoms with Crippen LogP contribution in [-0.2, 0) is 0 Å². The summed E-state index contributed by atoms with van der Waals surface area (Å²) in [4.78, 5) is 21.5. The molecule has 2 heterocycles. The lowest BCUT2D eigenvalue weighted by molar-refractivity contribution is 0.0928. The van der Waals surface area contributed by atoms with Gasteiger partial charge in [0.15, 0.2) is 0 Å². The molecule has 5 nitrogen and oxygen atoms in total. The third-order valence-electron chi connectivity index (χ3n) is 6.01. The van der Waals surface area contributed by atoms with E-state index in [4.69, 9.17) is 0 Å². The Morgan fingerprint density at radius 1 is 0.862 bits per heavy atom. The highest BCUT2D eigenvalue weighted by atomic mass is 19.1. The third kappa shape index (κ3) is 5.05. The molecule has 29 heavy (non-hydrogen) atoms. The van der Waals surface area contributed by atoms with Crippen molar-refractivity contribution in [1.82, 2.24) is 10.3 Å². The second-order valence-electron chi connectivity index (χ2n) is 8.01. The van der Waals surface area contributed by atoms with Gasteiger partial charge in [-0.2, -0.15) is 0 Å². The molecule has 1 aromatic heterocycles. The number of rotatable bonds is 4. The number of anilines is 2. The van der Waals surface area contributed by atoms with Crippen molar-refractivity contribution in [2.24, 2.45) is 0 Å². The lowest BCUT2D eigenvalue weighted by Gasteiger charge is -2.37. The van der Waals surface area contributed by atoms with Gasteiger partial charge in [0.2, 0.25) is 0 Å². The van der Waals surface area contributed by atoms with Crippen LogP contribution in [0.4, 0.5) is 15.8 Å². The van der Waals surface area contributed by atoms with Crippen LogP contribution in [0.3, 0.4) is 0 Å². The van der Waals surface area contributed by atoms with E-state index in [9.17, 15) is 9.18 Å². The van der Waals surface area contributed by atoms with Gasteiger partial charge in [-0.1, -0.05) is 25.7 Å². The molecule has 0 radical (unpaired) electrons. The number of nitrogens with one attached hydrogen (secondary N) is 1. The summed E-state index contributed by atoms with van der Waals surface area (Å²) in [6, 6.07) is 10.8. The number of hydrogen-bond acceptors (Lipinski definition) is 4. The molecule has 2 fully saturated rings. The molecule has 1 saturated carbocycles. The molecular weight excluding hydrogens is 367 g/mol. The van der Waals surface area contributed by atoms with Crippen LogP contribution in [-0.4, -0.2) is 43.1 Å². The van der Waals surface area contributed by atoms with Gasteiger partial charge in [-0.3, -0.25) is 4.79 Å². The molecule has 0 bridgehead atoms. The first-order valence-electron chi connectivity index (χ1n) is 10.7. The van der Waals surface area contributed by atoms with Crippen molar-refractivity contribution in [2.45, 2.75) is 44.6 Å². The van der Waals surface area contributed by atoms with E-state index in [1.165, 1.54) is 37.8 Å². The van der Waals surface area contributed by atoms with Crippen molar-refractivity contribution in [3.05, 3.63) is 54.1 Å². The molecule has 1 aliphatic carbocycles. The van der Waals surface area contributed by atoms with E-state index in [0.29, 0.717) is 5.69 Å². The van der Waals surface area contributed by atoms with Crippen LogP contribution in [0, 0.1) is 5.82 Å². The smallest absolute Gasteiger partial charge is 0.270 e. The normalized spacial score (nSPS) is 18.4. The number of halogens is 1. The van der Waals surface area contributed by atoms with Crippen molar-refractivity contribution in [3.8, 4) is 0 Å². The van der Waals surface area contributed by atoms with E-state index in [1.807, 2.05) is 24.3 Å². The number of benzene rings is 1. The molecule has 1 saturated heterocycles. The highest BCUT2D eigenvalue weighted by Crippen LogP contribution is 2.21. The number of aromatic nitrogens is 1. The summed E-state index contributed by atoms with van der Waals surface area (Å²) in [5.74, 6) is -0.272. The first-order valence-corrected chi connectivity index (χ1v) is 10.7. The summed E-state index contributed by atoms with van der Waals surface area (Å²) >= 11 is 0. The monoisotopic (exact) mass is 396 g/mol. The first kappa shape index (κ1) is 19.7. The maximum Gasteiger partial charge on any atom is 0.270 e. The van der Waals surface area contributed by atoms with Gasteiger partial charge in [0.25, 0.3) is 5.91 Å². The molecule has 1 amide bonds. The average molecular weight is 397 g/mol. The maximum absolute atomic E-state index is 13.1. The lowest BCUT2D eigenvalue weighted by atomic mass is 10.1. The van der Waals surface area contributed by atoms with Gasteiger partial charge in [-0.05, 0) is 49.2 Å². The summed E-state index contributed by atoms with van der Waals surface area (Å²) in [5.41, 5.74) is 2.58. The Morgan fingerprint density at radius 3 is 2.03 bits per heavy atom. The van der Waals surface area contributed by atoms with Crippen molar-refractivity contribution in [2.75, 3.05) is 36.0 Å². The zero-order valence-corrected chi connectivity index (χ0v) is 16.8. The number of carbonyl (C=O) groups excluding carboxylic acids is 1. The molecule has 0 spiro atoms. The van der Waals surface area contributed by atoms with Gasteiger partial charge in [-0.15, -0.1) is 0 Å². The fraction of sp³-hybridized carbons (Fsp3) is 0.478. The van der Waals surface area contributed by atoms with Crippen LogP contribution < -0.4 is 15.1 Å². The number of nitrogens with zero attached hydrogens (tertiary/aromatic N) is 3. The highest BCUT2D eigenvalue weighted by Gasteiger charge is 2.19. The van der Waals surface area contributed by atoms with E-state index in [2.05, 4.69) is 20.1 Å². The van der Waals surface area contributed by atoms with Crippen molar-refractivity contribution >= 4 is 17.3 Å². The molecule has 2 aromatic rings. The molecular formula is C23H29FN4O. The predicted octanol–water partition coefficient (Wildman–Crippen LogP) is 4.00. The topological polar surface area (TPSA) is 48.5 Å². The molecule has 1 aliphatic heterocycles. The Balaban J connectivity index is 1.31. The van der Waals surface area contributed by atoms with Gasteiger partial charge in [0, 0.05) is 37.9 Å². The quantitative estimate of drug-likeness (QED) is 0.794. The van der Waals surface area contributed by atoms with Gasteiger partial charge in [0.05, 0.1) is 11.9 Å². The second-order valence-corrected chi connectivity index (χ2v) is 8.01. The zero-order valence-electron chi connectivity index (χ0n) is 16.8. The van der Waals surface area contributed by atoms with Crippen LogP contribution in [0.25, 0.3) is 0 Å². The number of carbonyl (C=O) groups is 1. The minimum Gasteiger partial charge on any atom is -0.368 e. The maximum atomic E-state index is 13.1. The van der Waals surface area contributed by atoms with Crippen molar-refractivity contribution in [3.63, 3.8) is 0 Å².